The Morgan fingerprint density at radius 2 is 2.14 bits per heavy atom. The highest BCUT2D eigenvalue weighted by Gasteiger charge is 2.40. The van der Waals surface area contributed by atoms with Crippen molar-refractivity contribution in [3.63, 3.8) is 0 Å². The van der Waals surface area contributed by atoms with Crippen molar-refractivity contribution in [2.24, 2.45) is 5.92 Å². The van der Waals surface area contributed by atoms with Gasteiger partial charge in [-0.1, -0.05) is 17.7 Å². The Morgan fingerprint density at radius 1 is 1.48 bits per heavy atom. The highest BCUT2D eigenvalue weighted by Crippen LogP contribution is 2.43. The maximum atomic E-state index is 11.8. The predicted octanol–water partition coefficient (Wildman–Crippen LogP) is 4.16. The summed E-state index contributed by atoms with van der Waals surface area (Å²) in [5.74, 6) is -0.210. The topological polar surface area (TPSA) is 50.1 Å². The largest absolute Gasteiger partial charge is 0.466 e. The van der Waals surface area contributed by atoms with Crippen molar-refractivity contribution in [3.8, 4) is 6.07 Å². The van der Waals surface area contributed by atoms with E-state index in [1.54, 1.807) is 0 Å². The molecule has 0 aromatic heterocycles. The minimum atomic E-state index is -0.530. The van der Waals surface area contributed by atoms with E-state index in [1.807, 2.05) is 32.0 Å². The van der Waals surface area contributed by atoms with Gasteiger partial charge in [-0.2, -0.15) is 5.26 Å². The fraction of sp³-hybridized carbons (Fsp3) is 0.529. The molecule has 3 nitrogen and oxygen atoms in total. The lowest BCUT2D eigenvalue weighted by atomic mass is 9.66. The Kier molecular flexibility index (Phi) is 4.90. The molecule has 0 spiro atoms. The zero-order valence-corrected chi connectivity index (χ0v) is 13.2. The smallest absolute Gasteiger partial charge is 0.308 e. The van der Waals surface area contributed by atoms with E-state index < -0.39 is 5.41 Å². The Bertz CT molecular complexity index is 569. The minimum Gasteiger partial charge on any atom is -0.466 e. The number of hydrogen-bond acceptors (Lipinski definition) is 3. The van der Waals surface area contributed by atoms with Gasteiger partial charge in [-0.15, -0.1) is 0 Å². The molecule has 0 atom stereocenters. The SMILES string of the molecule is CCOC(=O)C1CCC(C#N)(c2cc(Cl)ccc2C)CC1. The third-order valence-electron chi connectivity index (χ3n) is 4.39. The van der Waals surface area contributed by atoms with Crippen LogP contribution in [0, 0.1) is 24.2 Å². The molecule has 0 N–H and O–H groups in total. The quantitative estimate of drug-likeness (QED) is 0.788. The van der Waals surface area contributed by atoms with Gasteiger partial charge in [-0.05, 0) is 62.8 Å². The second kappa shape index (κ2) is 6.49. The van der Waals surface area contributed by atoms with Gasteiger partial charge in [0.25, 0.3) is 0 Å². The van der Waals surface area contributed by atoms with E-state index in [4.69, 9.17) is 16.3 Å². The van der Waals surface area contributed by atoms with Gasteiger partial charge >= 0.3 is 5.97 Å². The summed E-state index contributed by atoms with van der Waals surface area (Å²) in [7, 11) is 0. The van der Waals surface area contributed by atoms with Gasteiger partial charge in [-0.3, -0.25) is 4.79 Å². The van der Waals surface area contributed by atoms with Crippen molar-refractivity contribution in [1.29, 1.82) is 5.26 Å². The third kappa shape index (κ3) is 3.22. The molecule has 21 heavy (non-hydrogen) atoms. The number of nitriles is 1. The molecule has 4 heteroatoms. The Balaban J connectivity index is 2.21. The summed E-state index contributed by atoms with van der Waals surface area (Å²) in [4.78, 5) is 11.8. The van der Waals surface area contributed by atoms with Crippen LogP contribution in [0.3, 0.4) is 0 Å². The second-order valence-electron chi connectivity index (χ2n) is 5.68. The van der Waals surface area contributed by atoms with Crippen LogP contribution >= 0.6 is 11.6 Å². The highest BCUT2D eigenvalue weighted by atomic mass is 35.5. The number of rotatable bonds is 3. The maximum Gasteiger partial charge on any atom is 0.308 e. The molecule has 0 aliphatic heterocycles. The van der Waals surface area contributed by atoms with Gasteiger partial charge in [-0.25, -0.2) is 0 Å². The number of ether oxygens (including phenoxy) is 1. The molecular formula is C17H20ClNO2. The van der Waals surface area contributed by atoms with Crippen LogP contribution in [0.1, 0.15) is 43.7 Å². The summed E-state index contributed by atoms with van der Waals surface area (Å²) in [5.41, 5.74) is 1.55. The van der Waals surface area contributed by atoms with Crippen molar-refractivity contribution in [2.45, 2.75) is 44.9 Å². The van der Waals surface area contributed by atoms with E-state index in [0.29, 0.717) is 37.3 Å². The summed E-state index contributed by atoms with van der Waals surface area (Å²) >= 11 is 6.09. The van der Waals surface area contributed by atoms with Crippen LogP contribution in [0.25, 0.3) is 0 Å². The molecule has 1 aromatic rings. The van der Waals surface area contributed by atoms with Crippen LogP contribution in [0.15, 0.2) is 18.2 Å². The van der Waals surface area contributed by atoms with Crippen LogP contribution in [0.2, 0.25) is 5.02 Å². The Labute approximate surface area is 130 Å². The van der Waals surface area contributed by atoms with Crippen molar-refractivity contribution < 1.29 is 9.53 Å². The highest BCUT2D eigenvalue weighted by molar-refractivity contribution is 6.30. The molecule has 1 fully saturated rings. The lowest BCUT2D eigenvalue weighted by molar-refractivity contribution is -0.149. The average molecular weight is 306 g/mol. The van der Waals surface area contributed by atoms with E-state index in [-0.39, 0.29) is 11.9 Å². The lowest BCUT2D eigenvalue weighted by Crippen LogP contribution is -2.34. The van der Waals surface area contributed by atoms with Gasteiger partial charge in [0, 0.05) is 5.02 Å². The van der Waals surface area contributed by atoms with Crippen molar-refractivity contribution >= 4 is 17.6 Å². The molecule has 1 aliphatic carbocycles. The van der Waals surface area contributed by atoms with Gasteiger partial charge in [0.2, 0.25) is 0 Å². The number of esters is 1. The first-order valence-electron chi connectivity index (χ1n) is 7.37. The van der Waals surface area contributed by atoms with Crippen LogP contribution in [0.5, 0.6) is 0 Å². The van der Waals surface area contributed by atoms with Crippen LogP contribution < -0.4 is 0 Å². The summed E-state index contributed by atoms with van der Waals surface area (Å²) in [5, 5.41) is 10.4. The van der Waals surface area contributed by atoms with Crippen LogP contribution in [-0.4, -0.2) is 12.6 Å². The van der Waals surface area contributed by atoms with Crippen molar-refractivity contribution in [3.05, 3.63) is 34.3 Å². The minimum absolute atomic E-state index is 0.0779. The van der Waals surface area contributed by atoms with E-state index in [9.17, 15) is 10.1 Å². The average Bonchev–Trinajstić information content (AvgIpc) is 2.50. The fourth-order valence-electron chi connectivity index (χ4n) is 3.16. The molecule has 0 saturated heterocycles. The first kappa shape index (κ1) is 15.9. The van der Waals surface area contributed by atoms with E-state index >= 15 is 0 Å². The number of nitrogens with zero attached hydrogens (tertiary/aromatic N) is 1. The monoisotopic (exact) mass is 305 g/mol. The molecule has 0 heterocycles. The molecule has 1 aliphatic rings. The number of aryl methyl sites for hydroxylation is 1. The summed E-state index contributed by atoms with van der Waals surface area (Å²) in [6.45, 7) is 4.23. The van der Waals surface area contributed by atoms with Crippen molar-refractivity contribution in [2.75, 3.05) is 6.61 Å². The van der Waals surface area contributed by atoms with Gasteiger partial charge in [0.15, 0.2) is 0 Å². The zero-order chi connectivity index (χ0) is 15.5. The molecule has 1 saturated carbocycles. The maximum absolute atomic E-state index is 11.8. The van der Waals surface area contributed by atoms with Crippen LogP contribution in [-0.2, 0) is 14.9 Å². The molecular weight excluding hydrogens is 286 g/mol. The lowest BCUT2D eigenvalue weighted by Gasteiger charge is -2.35. The molecule has 0 unspecified atom stereocenters. The van der Waals surface area contributed by atoms with Gasteiger partial charge in [0.05, 0.1) is 24.0 Å². The zero-order valence-electron chi connectivity index (χ0n) is 12.5. The number of benzene rings is 1. The van der Waals surface area contributed by atoms with Gasteiger partial charge in [0.1, 0.15) is 0 Å². The third-order valence-corrected chi connectivity index (χ3v) is 4.62. The van der Waals surface area contributed by atoms with Crippen LogP contribution in [0.4, 0.5) is 0 Å². The molecule has 0 amide bonds. The molecule has 1 aromatic carbocycles. The number of hydrogen-bond donors (Lipinski definition) is 0. The van der Waals surface area contributed by atoms with E-state index in [0.717, 1.165) is 11.1 Å². The standard InChI is InChI=1S/C17H20ClNO2/c1-3-21-16(20)13-6-8-17(11-19,9-7-13)15-10-14(18)5-4-12(15)2/h4-5,10,13H,3,6-9H2,1-2H3. The fourth-order valence-corrected chi connectivity index (χ4v) is 3.33. The Hall–Kier alpha value is -1.53. The summed E-state index contributed by atoms with van der Waals surface area (Å²) in [6.07, 6.45) is 2.74. The second-order valence-corrected chi connectivity index (χ2v) is 6.12. The van der Waals surface area contributed by atoms with E-state index in [1.165, 1.54) is 0 Å². The molecule has 2 rings (SSSR count). The van der Waals surface area contributed by atoms with E-state index in [2.05, 4.69) is 6.07 Å². The van der Waals surface area contributed by atoms with Gasteiger partial charge < -0.3 is 4.74 Å². The first-order valence-corrected chi connectivity index (χ1v) is 7.74. The van der Waals surface area contributed by atoms with Crippen molar-refractivity contribution in [1.82, 2.24) is 0 Å². The Morgan fingerprint density at radius 3 is 2.71 bits per heavy atom. The normalized spacial score (nSPS) is 25.1. The number of carbonyl (C=O) groups excluding carboxylic acids is 1. The number of halogens is 1. The molecule has 0 radical (unpaired) electrons. The molecule has 112 valence electrons. The predicted molar refractivity (Wildman–Crippen MR) is 82.1 cm³/mol. The summed E-state index contributed by atoms with van der Waals surface area (Å²) in [6, 6.07) is 8.17. The first-order chi connectivity index (χ1) is 10.0. The summed E-state index contributed by atoms with van der Waals surface area (Å²) < 4.78 is 5.09. The molecule has 0 bridgehead atoms. The number of carbonyl (C=O) groups is 1.